The van der Waals surface area contributed by atoms with Crippen LogP contribution < -0.4 is 0 Å². The number of halogens is 1. The second-order valence-electron chi connectivity index (χ2n) is 6.77. The van der Waals surface area contributed by atoms with Gasteiger partial charge < -0.3 is 0 Å². The van der Waals surface area contributed by atoms with Crippen molar-refractivity contribution in [1.29, 1.82) is 0 Å². The quantitative estimate of drug-likeness (QED) is 0.798. The molecule has 0 radical (unpaired) electrons. The van der Waals surface area contributed by atoms with Crippen molar-refractivity contribution in [3.8, 4) is 5.69 Å². The van der Waals surface area contributed by atoms with Gasteiger partial charge >= 0.3 is 0 Å². The normalized spacial score (nSPS) is 26.2. The van der Waals surface area contributed by atoms with Crippen LogP contribution in [0, 0.1) is 11.8 Å². The first kappa shape index (κ1) is 15.6. The van der Waals surface area contributed by atoms with Crippen molar-refractivity contribution in [2.45, 2.75) is 38.5 Å². The lowest BCUT2D eigenvalue weighted by Gasteiger charge is -2.27. The molecule has 2 saturated carbocycles. The van der Waals surface area contributed by atoms with E-state index >= 15 is 0 Å². The zero-order valence-electron chi connectivity index (χ0n) is 13.5. The van der Waals surface area contributed by atoms with Crippen LogP contribution in [0.2, 0.25) is 5.15 Å². The summed E-state index contributed by atoms with van der Waals surface area (Å²) >= 11 is 6.17. The largest absolute Gasteiger partial charge is 0.298 e. The number of aromatic nitrogens is 2. The Bertz CT molecular complexity index is 805. The van der Waals surface area contributed by atoms with Crippen molar-refractivity contribution in [3.63, 3.8) is 0 Å². The Balaban J connectivity index is 1.83. The molecule has 2 aliphatic rings. The third kappa shape index (κ3) is 2.32. The van der Waals surface area contributed by atoms with Gasteiger partial charge in [-0.25, -0.2) is 4.98 Å². The predicted molar refractivity (Wildman–Crippen MR) is 91.5 cm³/mol. The van der Waals surface area contributed by atoms with Crippen molar-refractivity contribution in [1.82, 2.24) is 9.55 Å². The number of aryl methyl sites for hydroxylation is 1. The SMILES string of the molecule is CCc1ccc(-n2cncc2Cl)cc1C1C(=O)[C@@H]2CC[C@@H](C2)C1=O. The van der Waals surface area contributed by atoms with Gasteiger partial charge in [0.1, 0.15) is 17.4 Å². The van der Waals surface area contributed by atoms with Gasteiger partial charge in [0.25, 0.3) is 0 Å². The monoisotopic (exact) mass is 342 g/mol. The van der Waals surface area contributed by atoms with E-state index in [1.807, 2.05) is 18.2 Å². The van der Waals surface area contributed by atoms with Gasteiger partial charge in [-0.3, -0.25) is 14.2 Å². The highest BCUT2D eigenvalue weighted by molar-refractivity contribution is 6.29. The molecule has 3 atom stereocenters. The van der Waals surface area contributed by atoms with E-state index in [4.69, 9.17) is 11.6 Å². The van der Waals surface area contributed by atoms with Gasteiger partial charge in [-0.2, -0.15) is 0 Å². The first-order valence-electron chi connectivity index (χ1n) is 8.48. The molecule has 0 amide bonds. The van der Waals surface area contributed by atoms with Crippen LogP contribution >= 0.6 is 11.6 Å². The Hall–Kier alpha value is -1.94. The van der Waals surface area contributed by atoms with Crippen molar-refractivity contribution in [2.24, 2.45) is 11.8 Å². The van der Waals surface area contributed by atoms with Crippen LogP contribution in [0.25, 0.3) is 5.69 Å². The molecule has 24 heavy (non-hydrogen) atoms. The lowest BCUT2D eigenvalue weighted by Crippen LogP contribution is -2.35. The summed E-state index contributed by atoms with van der Waals surface area (Å²) in [6.07, 6.45) is 6.48. The fraction of sp³-hybridized carbons (Fsp3) is 0.421. The zero-order valence-corrected chi connectivity index (χ0v) is 14.3. The topological polar surface area (TPSA) is 52.0 Å². The van der Waals surface area contributed by atoms with Crippen molar-refractivity contribution < 1.29 is 9.59 Å². The van der Waals surface area contributed by atoms with Crippen LogP contribution in [-0.2, 0) is 16.0 Å². The maximum Gasteiger partial charge on any atom is 0.150 e. The maximum absolute atomic E-state index is 12.9. The molecular weight excluding hydrogens is 324 g/mol. The first-order chi connectivity index (χ1) is 11.6. The van der Waals surface area contributed by atoms with E-state index in [-0.39, 0.29) is 23.4 Å². The molecule has 0 N–H and O–H groups in total. The van der Waals surface area contributed by atoms with Gasteiger partial charge in [0.2, 0.25) is 0 Å². The molecule has 0 saturated heterocycles. The number of carbonyl (C=O) groups excluding carboxylic acids is 2. The van der Waals surface area contributed by atoms with Gasteiger partial charge in [0.15, 0.2) is 11.6 Å². The predicted octanol–water partition coefficient (Wildman–Crippen LogP) is 3.74. The lowest BCUT2D eigenvalue weighted by molar-refractivity contribution is -0.135. The minimum absolute atomic E-state index is 0.0582. The van der Waals surface area contributed by atoms with Gasteiger partial charge in [0.05, 0.1) is 6.20 Å². The number of imidazole rings is 1. The second-order valence-corrected chi connectivity index (χ2v) is 7.15. The van der Waals surface area contributed by atoms with E-state index in [2.05, 4.69) is 11.9 Å². The van der Waals surface area contributed by atoms with Crippen LogP contribution in [0.5, 0.6) is 0 Å². The summed E-state index contributed by atoms with van der Waals surface area (Å²) in [5.41, 5.74) is 2.75. The number of carbonyl (C=O) groups is 2. The van der Waals surface area contributed by atoms with E-state index in [0.717, 1.165) is 42.5 Å². The molecule has 5 heteroatoms. The van der Waals surface area contributed by atoms with E-state index in [1.165, 1.54) is 0 Å². The van der Waals surface area contributed by atoms with Crippen molar-refractivity contribution in [2.75, 3.05) is 0 Å². The molecule has 0 aliphatic heterocycles. The van der Waals surface area contributed by atoms with Gasteiger partial charge in [0, 0.05) is 17.5 Å². The highest BCUT2D eigenvalue weighted by atomic mass is 35.5. The van der Waals surface area contributed by atoms with Crippen LogP contribution in [0.15, 0.2) is 30.7 Å². The average Bonchev–Trinajstić information content (AvgIpc) is 3.21. The average molecular weight is 343 g/mol. The summed E-state index contributed by atoms with van der Waals surface area (Å²) < 4.78 is 1.76. The van der Waals surface area contributed by atoms with E-state index in [1.54, 1.807) is 17.1 Å². The standard InChI is InChI=1S/C19H19ClN2O2/c1-2-11-5-6-14(22-10-21-9-16(22)20)8-15(11)17-18(23)12-3-4-13(7-12)19(17)24/h5-6,8-10,12-13,17H,2-4,7H2,1H3/t12-,13+,17?. The Morgan fingerprint density at radius 2 is 1.92 bits per heavy atom. The number of ketones is 2. The molecule has 1 aromatic carbocycles. The number of hydrogen-bond acceptors (Lipinski definition) is 3. The number of nitrogens with zero attached hydrogens (tertiary/aromatic N) is 2. The molecule has 1 unspecified atom stereocenters. The molecule has 1 heterocycles. The summed E-state index contributed by atoms with van der Waals surface area (Å²) in [6.45, 7) is 2.05. The van der Waals surface area contributed by atoms with Crippen molar-refractivity contribution >= 4 is 23.2 Å². The highest BCUT2D eigenvalue weighted by Gasteiger charge is 2.47. The van der Waals surface area contributed by atoms with Crippen LogP contribution in [0.1, 0.15) is 43.2 Å². The molecule has 2 aromatic rings. The van der Waals surface area contributed by atoms with Gasteiger partial charge in [-0.15, -0.1) is 0 Å². The zero-order chi connectivity index (χ0) is 16.8. The van der Waals surface area contributed by atoms with E-state index in [9.17, 15) is 9.59 Å². The molecule has 2 fully saturated rings. The Morgan fingerprint density at radius 1 is 1.21 bits per heavy atom. The molecule has 2 aliphatic carbocycles. The van der Waals surface area contributed by atoms with Crippen molar-refractivity contribution in [3.05, 3.63) is 47.0 Å². The minimum atomic E-state index is -0.603. The van der Waals surface area contributed by atoms with Crippen LogP contribution in [0.4, 0.5) is 0 Å². The summed E-state index contributed by atoms with van der Waals surface area (Å²) in [7, 11) is 0. The second kappa shape index (κ2) is 5.85. The molecule has 4 nitrogen and oxygen atoms in total. The Kier molecular flexibility index (Phi) is 3.80. The summed E-state index contributed by atoms with van der Waals surface area (Å²) in [5, 5.41) is 0.506. The molecule has 1 aromatic heterocycles. The van der Waals surface area contributed by atoms with Crippen LogP contribution in [0.3, 0.4) is 0 Å². The smallest absolute Gasteiger partial charge is 0.150 e. The van der Waals surface area contributed by atoms with E-state index in [0.29, 0.717) is 5.15 Å². The fourth-order valence-electron chi connectivity index (χ4n) is 4.21. The van der Waals surface area contributed by atoms with Gasteiger partial charge in [-0.1, -0.05) is 24.6 Å². The molecular formula is C19H19ClN2O2. The summed E-state index contributed by atoms with van der Waals surface area (Å²) in [6, 6.07) is 5.90. The summed E-state index contributed by atoms with van der Waals surface area (Å²) in [4.78, 5) is 29.8. The van der Waals surface area contributed by atoms with Crippen LogP contribution in [-0.4, -0.2) is 21.1 Å². The maximum atomic E-state index is 12.9. The molecule has 0 spiro atoms. The molecule has 2 bridgehead atoms. The Morgan fingerprint density at radius 3 is 2.50 bits per heavy atom. The first-order valence-corrected chi connectivity index (χ1v) is 8.86. The van der Waals surface area contributed by atoms with Gasteiger partial charge in [-0.05, 0) is 48.9 Å². The third-order valence-corrected chi connectivity index (χ3v) is 5.78. The molecule has 124 valence electrons. The lowest BCUT2D eigenvalue weighted by atomic mass is 9.74. The summed E-state index contributed by atoms with van der Waals surface area (Å²) in [5.74, 6) is -0.270. The Labute approximate surface area is 145 Å². The number of Topliss-reactive ketones (excluding diaryl/α,β-unsaturated/α-hetero) is 2. The van der Waals surface area contributed by atoms with E-state index < -0.39 is 5.92 Å². The minimum Gasteiger partial charge on any atom is -0.298 e. The number of rotatable bonds is 3. The number of benzene rings is 1. The number of fused-ring (bicyclic) bond motifs is 2. The fourth-order valence-corrected chi connectivity index (χ4v) is 4.41. The molecule has 4 rings (SSSR count). The number of hydrogen-bond donors (Lipinski definition) is 0. The third-order valence-electron chi connectivity index (χ3n) is 5.50. The highest BCUT2D eigenvalue weighted by Crippen LogP contribution is 2.44.